The fourth-order valence-corrected chi connectivity index (χ4v) is 0.967. The Bertz CT molecular complexity index is 599. The van der Waals surface area contributed by atoms with E-state index in [9.17, 15) is 9.59 Å². The van der Waals surface area contributed by atoms with Crippen LogP contribution in [0.4, 0.5) is 0 Å². The van der Waals surface area contributed by atoms with E-state index in [2.05, 4.69) is 14.7 Å². The molecule has 8 nitrogen and oxygen atoms in total. The second kappa shape index (κ2) is 6.51. The van der Waals surface area contributed by atoms with E-state index in [0.717, 1.165) is 6.39 Å². The number of carbonyl (C=O) groups is 2. The number of amides is 1. The number of carbonyl (C=O) groups excluding carboxylic acids is 1. The molecular formula is C11H8N4O4. The molecular weight excluding hydrogens is 252 g/mol. The van der Waals surface area contributed by atoms with Gasteiger partial charge in [0.2, 0.25) is 6.39 Å². The highest BCUT2D eigenvalue weighted by molar-refractivity contribution is 5.88. The van der Waals surface area contributed by atoms with Crippen molar-refractivity contribution < 1.29 is 19.2 Å². The zero-order valence-electron chi connectivity index (χ0n) is 9.48. The van der Waals surface area contributed by atoms with Gasteiger partial charge in [-0.05, 0) is 24.3 Å². The average molecular weight is 260 g/mol. The van der Waals surface area contributed by atoms with Crippen LogP contribution in [0.25, 0.3) is 0 Å². The third-order valence-corrected chi connectivity index (χ3v) is 1.84. The van der Waals surface area contributed by atoms with Gasteiger partial charge in [0.25, 0.3) is 11.7 Å². The van der Waals surface area contributed by atoms with E-state index >= 15 is 0 Å². The summed E-state index contributed by atoms with van der Waals surface area (Å²) in [5, 5.41) is 20.0. The molecule has 0 bridgehead atoms. The number of carboxylic acid groups (broad SMARTS) is 1. The zero-order valence-corrected chi connectivity index (χ0v) is 9.48. The van der Waals surface area contributed by atoms with Crippen LogP contribution < -0.4 is 5.73 Å². The molecule has 3 N–H and O–H groups in total. The quantitative estimate of drug-likeness (QED) is 0.796. The number of hydrogen-bond acceptors (Lipinski definition) is 6. The Balaban J connectivity index is 0.000000200. The molecule has 0 atom stereocenters. The van der Waals surface area contributed by atoms with E-state index in [1.165, 1.54) is 24.3 Å². The molecule has 1 aromatic carbocycles. The molecule has 0 fully saturated rings. The van der Waals surface area contributed by atoms with Crippen molar-refractivity contribution in [3.8, 4) is 6.07 Å². The topological polar surface area (TPSA) is 143 Å². The SMILES string of the molecule is N#Cc1ccc(C(=O)O)cc1.NC(=O)c1ncon1. The maximum Gasteiger partial charge on any atom is 0.335 e. The fourth-order valence-electron chi connectivity index (χ4n) is 0.967. The number of benzene rings is 1. The number of nitriles is 1. The van der Waals surface area contributed by atoms with Gasteiger partial charge in [0, 0.05) is 0 Å². The zero-order chi connectivity index (χ0) is 14.3. The summed E-state index contributed by atoms with van der Waals surface area (Å²) in [4.78, 5) is 23.8. The summed E-state index contributed by atoms with van der Waals surface area (Å²) in [6.07, 6.45) is 1.04. The van der Waals surface area contributed by atoms with Gasteiger partial charge < -0.3 is 15.4 Å². The van der Waals surface area contributed by atoms with Crippen LogP contribution in [0.15, 0.2) is 35.2 Å². The van der Waals surface area contributed by atoms with E-state index in [4.69, 9.17) is 16.1 Å². The number of nitrogens with zero attached hydrogens (tertiary/aromatic N) is 3. The van der Waals surface area contributed by atoms with Crippen molar-refractivity contribution in [3.05, 3.63) is 47.6 Å². The third kappa shape index (κ3) is 4.27. The predicted molar refractivity (Wildman–Crippen MR) is 60.9 cm³/mol. The van der Waals surface area contributed by atoms with Gasteiger partial charge in [-0.25, -0.2) is 4.79 Å². The first-order valence-electron chi connectivity index (χ1n) is 4.84. The van der Waals surface area contributed by atoms with Crippen LogP contribution in [-0.4, -0.2) is 27.1 Å². The highest BCUT2D eigenvalue weighted by Gasteiger charge is 2.02. The Kier molecular flexibility index (Phi) is 4.74. The van der Waals surface area contributed by atoms with Crippen LogP contribution in [0.1, 0.15) is 26.5 Å². The molecule has 0 aliphatic rings. The van der Waals surface area contributed by atoms with Gasteiger partial charge in [-0.1, -0.05) is 5.16 Å². The second-order valence-corrected chi connectivity index (χ2v) is 3.11. The highest BCUT2D eigenvalue weighted by atomic mass is 16.5. The molecule has 0 aliphatic heterocycles. The van der Waals surface area contributed by atoms with E-state index in [-0.39, 0.29) is 11.4 Å². The van der Waals surface area contributed by atoms with Crippen LogP contribution in [0.3, 0.4) is 0 Å². The molecule has 0 saturated carbocycles. The van der Waals surface area contributed by atoms with Gasteiger partial charge in [0.1, 0.15) is 0 Å². The second-order valence-electron chi connectivity index (χ2n) is 3.11. The van der Waals surface area contributed by atoms with Crippen LogP contribution in [-0.2, 0) is 0 Å². The number of hydrogen-bond donors (Lipinski definition) is 2. The maximum absolute atomic E-state index is 10.3. The molecule has 2 aromatic rings. The van der Waals surface area contributed by atoms with Crippen molar-refractivity contribution in [1.29, 1.82) is 5.26 Å². The number of aromatic carboxylic acids is 1. The first-order valence-corrected chi connectivity index (χ1v) is 4.84. The minimum Gasteiger partial charge on any atom is -0.478 e. The summed E-state index contributed by atoms with van der Waals surface area (Å²) in [7, 11) is 0. The molecule has 8 heteroatoms. The summed E-state index contributed by atoms with van der Waals surface area (Å²) >= 11 is 0. The Hall–Kier alpha value is -3.21. The summed E-state index contributed by atoms with van der Waals surface area (Å²) in [6.45, 7) is 0. The van der Waals surface area contributed by atoms with Gasteiger partial charge in [0.05, 0.1) is 17.2 Å². The van der Waals surface area contributed by atoms with E-state index < -0.39 is 11.9 Å². The molecule has 19 heavy (non-hydrogen) atoms. The van der Waals surface area contributed by atoms with Crippen molar-refractivity contribution in [2.24, 2.45) is 5.73 Å². The summed E-state index contributed by atoms with van der Waals surface area (Å²) in [5.41, 5.74) is 5.40. The molecule has 0 spiro atoms. The first kappa shape index (κ1) is 13.9. The largest absolute Gasteiger partial charge is 0.478 e. The fraction of sp³-hybridized carbons (Fsp3) is 0. The van der Waals surface area contributed by atoms with Crippen LogP contribution in [0.2, 0.25) is 0 Å². The molecule has 96 valence electrons. The van der Waals surface area contributed by atoms with Crippen LogP contribution in [0, 0.1) is 11.3 Å². The Morgan fingerprint density at radius 1 is 1.32 bits per heavy atom. The Morgan fingerprint density at radius 2 is 1.95 bits per heavy atom. The molecule has 0 unspecified atom stereocenters. The monoisotopic (exact) mass is 260 g/mol. The van der Waals surface area contributed by atoms with Crippen LogP contribution in [0.5, 0.6) is 0 Å². The molecule has 1 amide bonds. The smallest absolute Gasteiger partial charge is 0.335 e. The van der Waals surface area contributed by atoms with Crippen molar-refractivity contribution in [2.45, 2.75) is 0 Å². The van der Waals surface area contributed by atoms with E-state index in [0.29, 0.717) is 5.56 Å². The lowest BCUT2D eigenvalue weighted by molar-refractivity contribution is 0.0696. The van der Waals surface area contributed by atoms with Gasteiger partial charge >= 0.3 is 5.97 Å². The number of nitrogens with two attached hydrogens (primary N) is 1. The maximum atomic E-state index is 10.3. The van der Waals surface area contributed by atoms with Gasteiger partial charge in [-0.3, -0.25) is 4.79 Å². The van der Waals surface area contributed by atoms with Crippen LogP contribution >= 0.6 is 0 Å². The average Bonchev–Trinajstić information content (AvgIpc) is 2.93. The summed E-state index contributed by atoms with van der Waals surface area (Å²) in [6, 6.07) is 7.66. The molecule has 1 heterocycles. The van der Waals surface area contributed by atoms with Crippen molar-refractivity contribution in [1.82, 2.24) is 10.1 Å². The Labute approximate surface area is 107 Å². The van der Waals surface area contributed by atoms with Crippen molar-refractivity contribution in [3.63, 3.8) is 0 Å². The molecule has 0 radical (unpaired) electrons. The summed E-state index contributed by atoms with van der Waals surface area (Å²) < 4.78 is 4.21. The van der Waals surface area contributed by atoms with Gasteiger partial charge in [0.15, 0.2) is 0 Å². The third-order valence-electron chi connectivity index (χ3n) is 1.84. The van der Waals surface area contributed by atoms with Gasteiger partial charge in [-0.15, -0.1) is 0 Å². The highest BCUT2D eigenvalue weighted by Crippen LogP contribution is 2.02. The minimum absolute atomic E-state index is 0.0926. The molecule has 2 rings (SSSR count). The lowest BCUT2D eigenvalue weighted by atomic mass is 10.1. The minimum atomic E-state index is -0.977. The van der Waals surface area contributed by atoms with Crippen molar-refractivity contribution in [2.75, 3.05) is 0 Å². The molecule has 0 aliphatic carbocycles. The number of carboxylic acids is 1. The molecule has 1 aromatic heterocycles. The number of rotatable bonds is 2. The standard InChI is InChI=1S/C8H5NO2.C3H3N3O2/c9-5-6-1-3-7(4-2-6)8(10)11;4-2(7)3-5-1-8-6-3/h1-4H,(H,10,11);1H,(H2,4,7). The lowest BCUT2D eigenvalue weighted by Crippen LogP contribution is -2.12. The first-order chi connectivity index (χ1) is 9.04. The summed E-state index contributed by atoms with van der Waals surface area (Å²) in [5.74, 6) is -1.75. The number of primary amides is 1. The van der Waals surface area contributed by atoms with Gasteiger partial charge in [-0.2, -0.15) is 10.2 Å². The Morgan fingerprint density at radius 3 is 2.26 bits per heavy atom. The lowest BCUT2D eigenvalue weighted by Gasteiger charge is -1.91. The van der Waals surface area contributed by atoms with Crippen molar-refractivity contribution >= 4 is 11.9 Å². The normalized spacial score (nSPS) is 8.79. The number of aromatic nitrogens is 2. The molecule has 0 saturated heterocycles. The van der Waals surface area contributed by atoms with E-state index in [1.807, 2.05) is 6.07 Å². The predicted octanol–water partition coefficient (Wildman–Crippen LogP) is 0.425. The van der Waals surface area contributed by atoms with E-state index in [1.54, 1.807) is 0 Å².